The molecule has 0 radical (unpaired) electrons. The molecule has 0 aromatic heterocycles. The summed E-state index contributed by atoms with van der Waals surface area (Å²) in [6.07, 6.45) is 0.486. The maximum Gasteiger partial charge on any atom is 0.0933 e. The van der Waals surface area contributed by atoms with Crippen LogP contribution in [0.5, 0.6) is 0 Å². The summed E-state index contributed by atoms with van der Waals surface area (Å²) in [5.74, 6) is 0.530. The minimum atomic E-state index is -0.409. The van der Waals surface area contributed by atoms with Gasteiger partial charge in [0.2, 0.25) is 0 Å². The number of aliphatic hydroxyl groups is 1. The van der Waals surface area contributed by atoms with Crippen LogP contribution in [-0.4, -0.2) is 17.3 Å². The Morgan fingerprint density at radius 2 is 1.82 bits per heavy atom. The molecule has 3 heteroatoms. The molecule has 0 saturated heterocycles. The molecule has 17 heavy (non-hydrogen) atoms. The van der Waals surface area contributed by atoms with E-state index in [-0.39, 0.29) is 6.04 Å². The second kappa shape index (κ2) is 7.43. The average Bonchev–Trinajstić information content (AvgIpc) is 2.28. The molecule has 1 aromatic rings. The third kappa shape index (κ3) is 5.82. The molecule has 0 amide bonds. The molecule has 0 fully saturated rings. The Labute approximate surface area is 104 Å². The highest BCUT2D eigenvalue weighted by atomic mass is 16.6. The maximum atomic E-state index is 9.62. The molecule has 96 valence electrons. The van der Waals surface area contributed by atoms with E-state index in [1.165, 1.54) is 0 Å². The van der Waals surface area contributed by atoms with Gasteiger partial charge in [0.25, 0.3) is 0 Å². The summed E-state index contributed by atoms with van der Waals surface area (Å²) >= 11 is 0. The average molecular weight is 237 g/mol. The molecule has 0 aliphatic carbocycles. The van der Waals surface area contributed by atoms with Crippen molar-refractivity contribution in [1.29, 1.82) is 0 Å². The first-order valence-electron chi connectivity index (χ1n) is 6.19. The summed E-state index contributed by atoms with van der Waals surface area (Å²) in [4.78, 5) is 5.43. The predicted molar refractivity (Wildman–Crippen MR) is 69.3 cm³/mol. The van der Waals surface area contributed by atoms with E-state index in [0.29, 0.717) is 12.5 Å². The van der Waals surface area contributed by atoms with Crippen molar-refractivity contribution < 1.29 is 9.94 Å². The SMILES string of the molecule is CC(C)C[C@H](NOCc1ccccc1)[C@H](C)O. The molecular formula is C14H23NO2. The van der Waals surface area contributed by atoms with Crippen molar-refractivity contribution in [3.63, 3.8) is 0 Å². The summed E-state index contributed by atoms with van der Waals surface area (Å²) < 4.78 is 0. The zero-order chi connectivity index (χ0) is 12.7. The zero-order valence-electron chi connectivity index (χ0n) is 10.9. The fourth-order valence-electron chi connectivity index (χ4n) is 1.66. The Bertz CT molecular complexity index is 298. The van der Waals surface area contributed by atoms with Crippen LogP contribution in [0.1, 0.15) is 32.8 Å². The minimum absolute atomic E-state index is 0.0151. The number of benzene rings is 1. The van der Waals surface area contributed by atoms with Crippen molar-refractivity contribution in [2.45, 2.75) is 45.9 Å². The van der Waals surface area contributed by atoms with Gasteiger partial charge in [-0.25, -0.2) is 0 Å². The molecule has 0 bridgehead atoms. The molecule has 0 aliphatic rings. The third-order valence-corrected chi connectivity index (χ3v) is 2.62. The molecule has 0 heterocycles. The second-order valence-electron chi connectivity index (χ2n) is 4.87. The van der Waals surface area contributed by atoms with Crippen LogP contribution in [0.4, 0.5) is 0 Å². The normalized spacial score (nSPS) is 14.9. The molecule has 3 nitrogen and oxygen atoms in total. The van der Waals surface area contributed by atoms with Crippen molar-refractivity contribution in [2.75, 3.05) is 0 Å². The van der Waals surface area contributed by atoms with E-state index < -0.39 is 6.10 Å². The lowest BCUT2D eigenvalue weighted by molar-refractivity contribution is -0.0334. The van der Waals surface area contributed by atoms with Gasteiger partial charge in [-0.1, -0.05) is 44.2 Å². The van der Waals surface area contributed by atoms with Gasteiger partial charge in [-0.15, -0.1) is 0 Å². The lowest BCUT2D eigenvalue weighted by Crippen LogP contribution is -2.39. The van der Waals surface area contributed by atoms with Crippen LogP contribution >= 0.6 is 0 Å². The Morgan fingerprint density at radius 1 is 1.18 bits per heavy atom. The molecule has 2 atom stereocenters. The fourth-order valence-corrected chi connectivity index (χ4v) is 1.66. The van der Waals surface area contributed by atoms with E-state index in [9.17, 15) is 5.11 Å². The molecule has 0 spiro atoms. The van der Waals surface area contributed by atoms with Gasteiger partial charge < -0.3 is 5.11 Å². The van der Waals surface area contributed by atoms with Crippen LogP contribution in [-0.2, 0) is 11.4 Å². The second-order valence-corrected chi connectivity index (χ2v) is 4.87. The van der Waals surface area contributed by atoms with Crippen LogP contribution in [0.2, 0.25) is 0 Å². The first kappa shape index (κ1) is 14.2. The molecule has 1 rings (SSSR count). The highest BCUT2D eigenvalue weighted by Gasteiger charge is 2.16. The fraction of sp³-hybridized carbons (Fsp3) is 0.571. The Hall–Kier alpha value is -0.900. The number of rotatable bonds is 7. The first-order chi connectivity index (χ1) is 8.09. The summed E-state index contributed by atoms with van der Waals surface area (Å²) in [5, 5.41) is 9.62. The van der Waals surface area contributed by atoms with Gasteiger partial charge in [0.05, 0.1) is 18.8 Å². The van der Waals surface area contributed by atoms with Gasteiger partial charge >= 0.3 is 0 Å². The van der Waals surface area contributed by atoms with Crippen LogP contribution < -0.4 is 5.48 Å². The summed E-state index contributed by atoms with van der Waals surface area (Å²) in [5.41, 5.74) is 4.07. The van der Waals surface area contributed by atoms with E-state index in [0.717, 1.165) is 12.0 Å². The van der Waals surface area contributed by atoms with E-state index in [1.54, 1.807) is 6.92 Å². The van der Waals surface area contributed by atoms with Gasteiger partial charge in [-0.3, -0.25) is 4.84 Å². The van der Waals surface area contributed by atoms with Crippen molar-refractivity contribution in [3.05, 3.63) is 35.9 Å². The molecule has 2 N–H and O–H groups in total. The standard InChI is InChI=1S/C14H23NO2/c1-11(2)9-14(12(3)16)15-17-10-13-7-5-4-6-8-13/h4-8,11-12,14-16H,9-10H2,1-3H3/t12-,14-/m0/s1. The molecule has 1 aromatic carbocycles. The van der Waals surface area contributed by atoms with Crippen molar-refractivity contribution in [3.8, 4) is 0 Å². The smallest absolute Gasteiger partial charge is 0.0933 e. The number of aliphatic hydroxyl groups excluding tert-OH is 1. The molecular weight excluding hydrogens is 214 g/mol. The van der Waals surface area contributed by atoms with Gasteiger partial charge in [-0.2, -0.15) is 5.48 Å². The van der Waals surface area contributed by atoms with Crippen molar-refractivity contribution >= 4 is 0 Å². The van der Waals surface area contributed by atoms with Gasteiger partial charge in [-0.05, 0) is 24.8 Å². The predicted octanol–water partition coefficient (Wildman–Crippen LogP) is 2.50. The van der Waals surface area contributed by atoms with Gasteiger partial charge in [0, 0.05) is 0 Å². The minimum Gasteiger partial charge on any atom is -0.392 e. The molecule has 0 saturated carbocycles. The monoisotopic (exact) mass is 237 g/mol. The van der Waals surface area contributed by atoms with Crippen molar-refractivity contribution in [2.24, 2.45) is 5.92 Å². The number of hydrogen-bond acceptors (Lipinski definition) is 3. The Morgan fingerprint density at radius 3 is 2.35 bits per heavy atom. The van der Waals surface area contributed by atoms with Crippen LogP contribution in [0, 0.1) is 5.92 Å². The molecule has 0 unspecified atom stereocenters. The van der Waals surface area contributed by atoms with E-state index in [2.05, 4.69) is 19.3 Å². The Kier molecular flexibility index (Phi) is 6.19. The largest absolute Gasteiger partial charge is 0.392 e. The molecule has 0 aliphatic heterocycles. The first-order valence-corrected chi connectivity index (χ1v) is 6.19. The van der Waals surface area contributed by atoms with Crippen LogP contribution in [0.25, 0.3) is 0 Å². The summed E-state index contributed by atoms with van der Waals surface area (Å²) in [7, 11) is 0. The van der Waals surface area contributed by atoms with E-state index >= 15 is 0 Å². The van der Waals surface area contributed by atoms with Gasteiger partial charge in [0.1, 0.15) is 0 Å². The maximum absolute atomic E-state index is 9.62. The lowest BCUT2D eigenvalue weighted by Gasteiger charge is -2.22. The highest BCUT2D eigenvalue weighted by molar-refractivity contribution is 5.13. The number of hydroxylamine groups is 1. The number of hydrogen-bond donors (Lipinski definition) is 2. The zero-order valence-corrected chi connectivity index (χ0v) is 10.9. The van der Waals surface area contributed by atoms with E-state index in [4.69, 9.17) is 4.84 Å². The third-order valence-electron chi connectivity index (χ3n) is 2.62. The highest BCUT2D eigenvalue weighted by Crippen LogP contribution is 2.09. The lowest BCUT2D eigenvalue weighted by atomic mass is 10.0. The van der Waals surface area contributed by atoms with Crippen LogP contribution in [0.3, 0.4) is 0 Å². The quantitative estimate of drug-likeness (QED) is 0.716. The van der Waals surface area contributed by atoms with E-state index in [1.807, 2.05) is 30.3 Å². The van der Waals surface area contributed by atoms with Crippen molar-refractivity contribution in [1.82, 2.24) is 5.48 Å². The van der Waals surface area contributed by atoms with Crippen LogP contribution in [0.15, 0.2) is 30.3 Å². The summed E-state index contributed by atoms with van der Waals surface area (Å²) in [6.45, 7) is 6.57. The summed E-state index contributed by atoms with van der Waals surface area (Å²) in [6, 6.07) is 9.97. The Balaban J connectivity index is 2.32. The number of nitrogens with one attached hydrogen (secondary N) is 1. The topological polar surface area (TPSA) is 41.5 Å². The van der Waals surface area contributed by atoms with Gasteiger partial charge in [0.15, 0.2) is 0 Å².